The number of carboxylic acid groups (broad SMARTS) is 1. The van der Waals surface area contributed by atoms with Gasteiger partial charge >= 0.3 is 5.97 Å². The Morgan fingerprint density at radius 2 is 2.32 bits per heavy atom. The molecule has 1 aliphatic rings. The number of aromatic carboxylic acids is 1. The van der Waals surface area contributed by atoms with Crippen LogP contribution in [0.15, 0.2) is 18.2 Å². The van der Waals surface area contributed by atoms with Gasteiger partial charge in [-0.1, -0.05) is 0 Å². The molecule has 0 bridgehead atoms. The highest BCUT2D eigenvalue weighted by atomic mass is 32.2. The number of hydrogen-bond donors (Lipinski definition) is 2. The van der Waals surface area contributed by atoms with Gasteiger partial charge in [0.05, 0.1) is 10.5 Å². The summed E-state index contributed by atoms with van der Waals surface area (Å²) < 4.78 is 0. The number of nitro groups is 1. The summed E-state index contributed by atoms with van der Waals surface area (Å²) in [4.78, 5) is 21.2. The van der Waals surface area contributed by atoms with Gasteiger partial charge in [0.25, 0.3) is 5.69 Å². The molecule has 1 atom stereocenters. The molecule has 0 aromatic heterocycles. The molecule has 0 saturated carbocycles. The predicted octanol–water partition coefficient (Wildman–Crippen LogP) is 2.60. The Morgan fingerprint density at radius 3 is 2.89 bits per heavy atom. The predicted molar refractivity (Wildman–Crippen MR) is 74.0 cm³/mol. The molecule has 1 fully saturated rings. The van der Waals surface area contributed by atoms with Crippen LogP contribution in [0, 0.1) is 10.1 Å². The van der Waals surface area contributed by atoms with E-state index in [4.69, 9.17) is 5.11 Å². The zero-order chi connectivity index (χ0) is 13.8. The highest BCUT2D eigenvalue weighted by molar-refractivity contribution is 7.99. The SMILES string of the molecule is O=C(O)c1cc([N+](=O)[O-])ccc1NC1CCCSC1. The number of anilines is 1. The topological polar surface area (TPSA) is 92.5 Å². The molecule has 2 rings (SSSR count). The first-order chi connectivity index (χ1) is 9.08. The summed E-state index contributed by atoms with van der Waals surface area (Å²) in [5.41, 5.74) is 0.191. The van der Waals surface area contributed by atoms with E-state index in [-0.39, 0.29) is 17.3 Å². The number of hydrogen-bond acceptors (Lipinski definition) is 5. The Morgan fingerprint density at radius 1 is 1.53 bits per heavy atom. The van der Waals surface area contributed by atoms with Crippen LogP contribution in [0.1, 0.15) is 23.2 Å². The third-order valence-corrected chi connectivity index (χ3v) is 4.18. The number of carboxylic acids is 1. The molecule has 0 amide bonds. The van der Waals surface area contributed by atoms with Crippen molar-refractivity contribution in [2.75, 3.05) is 16.8 Å². The molecule has 1 aliphatic heterocycles. The standard InChI is InChI=1S/C12H14N2O4S/c15-12(16)10-6-9(14(17)18)3-4-11(10)13-8-2-1-5-19-7-8/h3-4,6,8,13H,1-2,5,7H2,(H,15,16). The van der Waals surface area contributed by atoms with E-state index in [0.29, 0.717) is 5.69 Å². The molecule has 6 nitrogen and oxygen atoms in total. The van der Waals surface area contributed by atoms with E-state index in [2.05, 4.69) is 5.32 Å². The van der Waals surface area contributed by atoms with Gasteiger partial charge in [-0.05, 0) is 24.7 Å². The first-order valence-electron chi connectivity index (χ1n) is 5.94. The van der Waals surface area contributed by atoms with E-state index >= 15 is 0 Å². The fourth-order valence-corrected chi connectivity index (χ4v) is 3.10. The summed E-state index contributed by atoms with van der Waals surface area (Å²) in [6.07, 6.45) is 2.08. The number of nitrogens with one attached hydrogen (secondary N) is 1. The molecule has 19 heavy (non-hydrogen) atoms. The lowest BCUT2D eigenvalue weighted by atomic mass is 10.1. The van der Waals surface area contributed by atoms with Crippen LogP contribution in [0.4, 0.5) is 11.4 Å². The van der Waals surface area contributed by atoms with Gasteiger partial charge in [0.15, 0.2) is 0 Å². The summed E-state index contributed by atoms with van der Waals surface area (Å²) in [5, 5.41) is 23.0. The molecular weight excluding hydrogens is 268 g/mol. The van der Waals surface area contributed by atoms with Crippen LogP contribution >= 0.6 is 11.8 Å². The van der Waals surface area contributed by atoms with Crippen molar-refractivity contribution in [2.24, 2.45) is 0 Å². The number of thioether (sulfide) groups is 1. The van der Waals surface area contributed by atoms with Crippen molar-refractivity contribution >= 4 is 29.1 Å². The van der Waals surface area contributed by atoms with Crippen LogP contribution in [-0.4, -0.2) is 33.5 Å². The van der Waals surface area contributed by atoms with E-state index in [9.17, 15) is 14.9 Å². The zero-order valence-corrected chi connectivity index (χ0v) is 11.0. The highest BCUT2D eigenvalue weighted by Crippen LogP contribution is 2.26. The summed E-state index contributed by atoms with van der Waals surface area (Å²) in [5.74, 6) is 0.898. The molecule has 1 aromatic carbocycles. The van der Waals surface area contributed by atoms with E-state index in [1.807, 2.05) is 11.8 Å². The Hall–Kier alpha value is -1.76. The molecule has 102 valence electrons. The van der Waals surface area contributed by atoms with Crippen LogP contribution in [-0.2, 0) is 0 Å². The Labute approximate surface area is 114 Å². The Balaban J connectivity index is 2.23. The molecule has 0 aliphatic carbocycles. The minimum Gasteiger partial charge on any atom is -0.478 e. The summed E-state index contributed by atoms with van der Waals surface area (Å²) in [7, 11) is 0. The van der Waals surface area contributed by atoms with Crippen molar-refractivity contribution in [3.8, 4) is 0 Å². The normalized spacial score (nSPS) is 18.8. The molecule has 0 spiro atoms. The van der Waals surface area contributed by atoms with E-state index in [1.165, 1.54) is 12.1 Å². The van der Waals surface area contributed by atoms with Crippen molar-refractivity contribution in [3.05, 3.63) is 33.9 Å². The molecular formula is C12H14N2O4S. The zero-order valence-electron chi connectivity index (χ0n) is 10.2. The fraction of sp³-hybridized carbons (Fsp3) is 0.417. The molecule has 7 heteroatoms. The fourth-order valence-electron chi connectivity index (χ4n) is 2.02. The largest absolute Gasteiger partial charge is 0.478 e. The van der Waals surface area contributed by atoms with Crippen LogP contribution in [0.5, 0.6) is 0 Å². The van der Waals surface area contributed by atoms with E-state index in [0.717, 1.165) is 30.4 Å². The van der Waals surface area contributed by atoms with Gasteiger partial charge < -0.3 is 10.4 Å². The maximum atomic E-state index is 11.2. The van der Waals surface area contributed by atoms with Crippen molar-refractivity contribution in [2.45, 2.75) is 18.9 Å². The lowest BCUT2D eigenvalue weighted by Crippen LogP contribution is -2.26. The average molecular weight is 282 g/mol. The summed E-state index contributed by atoms with van der Waals surface area (Å²) in [6, 6.07) is 4.12. The first-order valence-corrected chi connectivity index (χ1v) is 7.09. The van der Waals surface area contributed by atoms with Crippen LogP contribution in [0.25, 0.3) is 0 Å². The monoisotopic (exact) mass is 282 g/mol. The smallest absolute Gasteiger partial charge is 0.338 e. The Kier molecular flexibility index (Phi) is 4.26. The van der Waals surface area contributed by atoms with E-state index in [1.54, 1.807) is 0 Å². The van der Waals surface area contributed by atoms with Crippen molar-refractivity contribution in [1.82, 2.24) is 0 Å². The third-order valence-electron chi connectivity index (χ3n) is 2.96. The second-order valence-corrected chi connectivity index (χ2v) is 5.50. The highest BCUT2D eigenvalue weighted by Gasteiger charge is 2.19. The molecule has 1 saturated heterocycles. The number of rotatable bonds is 4. The summed E-state index contributed by atoms with van der Waals surface area (Å²) in [6.45, 7) is 0. The second-order valence-electron chi connectivity index (χ2n) is 4.35. The van der Waals surface area contributed by atoms with Gasteiger partial charge in [-0.25, -0.2) is 4.79 Å². The van der Waals surface area contributed by atoms with Gasteiger partial charge in [-0.15, -0.1) is 0 Å². The lowest BCUT2D eigenvalue weighted by Gasteiger charge is -2.24. The molecule has 1 heterocycles. The minimum atomic E-state index is -1.16. The van der Waals surface area contributed by atoms with Gasteiger partial charge in [-0.2, -0.15) is 11.8 Å². The third kappa shape index (κ3) is 3.37. The maximum Gasteiger partial charge on any atom is 0.338 e. The number of benzene rings is 1. The Bertz CT molecular complexity index is 501. The van der Waals surface area contributed by atoms with Crippen molar-refractivity contribution < 1.29 is 14.8 Å². The summed E-state index contributed by atoms with van der Waals surface area (Å²) >= 11 is 1.83. The van der Waals surface area contributed by atoms with Crippen LogP contribution in [0.2, 0.25) is 0 Å². The maximum absolute atomic E-state index is 11.2. The lowest BCUT2D eigenvalue weighted by molar-refractivity contribution is -0.384. The van der Waals surface area contributed by atoms with E-state index < -0.39 is 10.9 Å². The molecule has 1 unspecified atom stereocenters. The van der Waals surface area contributed by atoms with Gasteiger partial charge in [-0.3, -0.25) is 10.1 Å². The van der Waals surface area contributed by atoms with Gasteiger partial charge in [0, 0.05) is 29.6 Å². The molecule has 1 aromatic rings. The quantitative estimate of drug-likeness (QED) is 0.651. The second kappa shape index (κ2) is 5.92. The number of nitrogens with zero attached hydrogens (tertiary/aromatic N) is 1. The van der Waals surface area contributed by atoms with Gasteiger partial charge in [0.2, 0.25) is 0 Å². The van der Waals surface area contributed by atoms with Crippen molar-refractivity contribution in [1.29, 1.82) is 0 Å². The van der Waals surface area contributed by atoms with Crippen LogP contribution < -0.4 is 5.32 Å². The average Bonchev–Trinajstić information content (AvgIpc) is 2.39. The number of nitro benzene ring substituents is 1. The van der Waals surface area contributed by atoms with Crippen molar-refractivity contribution in [3.63, 3.8) is 0 Å². The molecule has 2 N–H and O–H groups in total. The van der Waals surface area contributed by atoms with Gasteiger partial charge in [0.1, 0.15) is 0 Å². The minimum absolute atomic E-state index is 0.0511. The number of non-ortho nitro benzene ring substituents is 1. The number of carbonyl (C=O) groups is 1. The molecule has 0 radical (unpaired) electrons. The first kappa shape index (κ1) is 13.7. The van der Waals surface area contributed by atoms with Crippen LogP contribution in [0.3, 0.4) is 0 Å².